The zero-order chi connectivity index (χ0) is 13.4. The predicted octanol–water partition coefficient (Wildman–Crippen LogP) is 2.19. The molecule has 1 aromatic rings. The molecule has 0 spiro atoms. The van der Waals surface area contributed by atoms with Crippen LogP contribution in [0, 0.1) is 6.92 Å². The second-order valence-electron chi connectivity index (χ2n) is 4.01. The lowest BCUT2D eigenvalue weighted by Gasteiger charge is -2.09. The quantitative estimate of drug-likeness (QED) is 0.567. The van der Waals surface area contributed by atoms with Crippen molar-refractivity contribution in [2.45, 2.75) is 20.8 Å². The molecular weight excluding hydrogens is 230 g/mol. The lowest BCUT2D eigenvalue weighted by molar-refractivity contribution is 0.167. The van der Waals surface area contributed by atoms with Crippen LogP contribution in [0.25, 0.3) is 0 Å². The van der Waals surface area contributed by atoms with Crippen molar-refractivity contribution < 1.29 is 9.47 Å². The van der Waals surface area contributed by atoms with Gasteiger partial charge in [-0.1, -0.05) is 12.2 Å². The van der Waals surface area contributed by atoms with Crippen LogP contribution in [0.15, 0.2) is 18.2 Å². The first kappa shape index (κ1) is 14.4. The summed E-state index contributed by atoms with van der Waals surface area (Å²) in [7, 11) is 0. The Kier molecular flexibility index (Phi) is 6.14. The molecule has 1 N–H and O–H groups in total. The summed E-state index contributed by atoms with van der Waals surface area (Å²) in [4.78, 5) is 8.45. The smallest absolute Gasteiger partial charge is 0.218 e. The summed E-state index contributed by atoms with van der Waals surface area (Å²) in [6, 6.07) is 1.79. The summed E-state index contributed by atoms with van der Waals surface area (Å²) in [5.74, 6) is 2.03. The Morgan fingerprint density at radius 1 is 1.44 bits per heavy atom. The zero-order valence-electron chi connectivity index (χ0n) is 11.3. The zero-order valence-corrected chi connectivity index (χ0v) is 11.3. The van der Waals surface area contributed by atoms with Gasteiger partial charge in [0.05, 0.1) is 19.8 Å². The number of nitrogens with one attached hydrogen (secondary N) is 1. The molecule has 0 aliphatic carbocycles. The molecule has 0 saturated heterocycles. The van der Waals surface area contributed by atoms with Crippen molar-refractivity contribution in [2.24, 2.45) is 0 Å². The molecule has 0 fully saturated rings. The number of ether oxygens (including phenoxy) is 2. The summed E-state index contributed by atoms with van der Waals surface area (Å²) in [6.45, 7) is 12.0. The van der Waals surface area contributed by atoms with E-state index in [2.05, 4.69) is 21.9 Å². The highest BCUT2D eigenvalue weighted by atomic mass is 16.5. The molecule has 0 unspecified atom stereocenters. The SMILES string of the molecule is C=C(C)COCCNc1cc(OCC)nc(C)n1. The third kappa shape index (κ3) is 5.63. The van der Waals surface area contributed by atoms with Crippen LogP contribution in [-0.2, 0) is 4.74 Å². The number of aromatic nitrogens is 2. The normalized spacial score (nSPS) is 10.2. The van der Waals surface area contributed by atoms with Gasteiger partial charge in [-0.05, 0) is 20.8 Å². The molecule has 0 aliphatic rings. The maximum atomic E-state index is 5.39. The van der Waals surface area contributed by atoms with E-state index >= 15 is 0 Å². The molecule has 0 aliphatic heterocycles. The summed E-state index contributed by atoms with van der Waals surface area (Å²) in [5.41, 5.74) is 1.02. The standard InChI is InChI=1S/C13H21N3O2/c1-5-18-13-8-12(15-11(4)16-13)14-6-7-17-9-10(2)3/h8H,2,5-7,9H2,1,3-4H3,(H,14,15,16). The van der Waals surface area contributed by atoms with E-state index in [-0.39, 0.29) is 0 Å². The van der Waals surface area contributed by atoms with Crippen LogP contribution in [-0.4, -0.2) is 36.3 Å². The molecule has 0 saturated carbocycles. The van der Waals surface area contributed by atoms with Crippen molar-refractivity contribution in [3.8, 4) is 5.88 Å². The minimum absolute atomic E-state index is 0.592. The third-order valence-electron chi connectivity index (χ3n) is 2.01. The molecule has 1 rings (SSSR count). The Hall–Kier alpha value is -1.62. The van der Waals surface area contributed by atoms with Crippen molar-refractivity contribution in [1.82, 2.24) is 9.97 Å². The van der Waals surface area contributed by atoms with Crippen molar-refractivity contribution >= 4 is 5.82 Å². The molecule has 0 amide bonds. The number of rotatable bonds is 8. The van der Waals surface area contributed by atoms with E-state index in [0.29, 0.717) is 38.1 Å². The van der Waals surface area contributed by atoms with E-state index < -0.39 is 0 Å². The fourth-order valence-corrected chi connectivity index (χ4v) is 1.35. The minimum Gasteiger partial charge on any atom is -0.478 e. The maximum absolute atomic E-state index is 5.39. The molecule has 0 radical (unpaired) electrons. The van der Waals surface area contributed by atoms with Gasteiger partial charge < -0.3 is 14.8 Å². The van der Waals surface area contributed by atoms with Crippen LogP contribution >= 0.6 is 0 Å². The lowest BCUT2D eigenvalue weighted by Crippen LogP contribution is -2.12. The molecule has 1 heterocycles. The average Bonchev–Trinajstić information content (AvgIpc) is 2.28. The van der Waals surface area contributed by atoms with E-state index in [1.165, 1.54) is 0 Å². The minimum atomic E-state index is 0.592. The van der Waals surface area contributed by atoms with E-state index in [9.17, 15) is 0 Å². The Bertz CT molecular complexity index is 394. The Labute approximate surface area is 108 Å². The van der Waals surface area contributed by atoms with Crippen LogP contribution in [0.5, 0.6) is 5.88 Å². The molecule has 0 aromatic carbocycles. The van der Waals surface area contributed by atoms with Gasteiger partial charge in [0.25, 0.3) is 0 Å². The molecule has 5 nitrogen and oxygen atoms in total. The van der Waals surface area contributed by atoms with Crippen molar-refractivity contribution in [3.63, 3.8) is 0 Å². The van der Waals surface area contributed by atoms with E-state index in [4.69, 9.17) is 9.47 Å². The molecule has 1 aromatic heterocycles. The number of nitrogens with zero attached hydrogens (tertiary/aromatic N) is 2. The third-order valence-corrected chi connectivity index (χ3v) is 2.01. The van der Waals surface area contributed by atoms with Crippen molar-refractivity contribution in [1.29, 1.82) is 0 Å². The van der Waals surface area contributed by atoms with E-state index in [0.717, 1.165) is 11.4 Å². The summed E-state index contributed by atoms with van der Waals surface area (Å²) in [6.07, 6.45) is 0. The molecule has 5 heteroatoms. The number of aryl methyl sites for hydroxylation is 1. The van der Waals surface area contributed by atoms with Crippen LogP contribution in [0.4, 0.5) is 5.82 Å². The van der Waals surface area contributed by atoms with Crippen LogP contribution < -0.4 is 10.1 Å². The Morgan fingerprint density at radius 3 is 2.89 bits per heavy atom. The van der Waals surface area contributed by atoms with Gasteiger partial charge in [-0.25, -0.2) is 4.98 Å². The first-order valence-electron chi connectivity index (χ1n) is 6.06. The molecule has 0 bridgehead atoms. The summed E-state index contributed by atoms with van der Waals surface area (Å²) < 4.78 is 10.7. The van der Waals surface area contributed by atoms with E-state index in [1.807, 2.05) is 20.8 Å². The Balaban J connectivity index is 2.39. The second-order valence-corrected chi connectivity index (χ2v) is 4.01. The van der Waals surface area contributed by atoms with Gasteiger partial charge >= 0.3 is 0 Å². The topological polar surface area (TPSA) is 56.3 Å². The van der Waals surface area contributed by atoms with Crippen LogP contribution in [0.3, 0.4) is 0 Å². The van der Waals surface area contributed by atoms with Crippen molar-refractivity contribution in [3.05, 3.63) is 24.0 Å². The van der Waals surface area contributed by atoms with Crippen LogP contribution in [0.2, 0.25) is 0 Å². The highest BCUT2D eigenvalue weighted by Gasteiger charge is 2.01. The van der Waals surface area contributed by atoms with Crippen LogP contribution in [0.1, 0.15) is 19.7 Å². The predicted molar refractivity (Wildman–Crippen MR) is 72.1 cm³/mol. The highest BCUT2D eigenvalue weighted by Crippen LogP contribution is 2.12. The molecular formula is C13H21N3O2. The van der Waals surface area contributed by atoms with Gasteiger partial charge in [-0.3, -0.25) is 0 Å². The fraction of sp³-hybridized carbons (Fsp3) is 0.538. The number of hydrogen-bond donors (Lipinski definition) is 1. The lowest BCUT2D eigenvalue weighted by atomic mass is 10.4. The molecule has 18 heavy (non-hydrogen) atoms. The monoisotopic (exact) mass is 251 g/mol. The van der Waals surface area contributed by atoms with Gasteiger partial charge in [0.15, 0.2) is 0 Å². The van der Waals surface area contributed by atoms with Gasteiger partial charge in [0, 0.05) is 12.6 Å². The van der Waals surface area contributed by atoms with Gasteiger partial charge in [0.1, 0.15) is 11.6 Å². The van der Waals surface area contributed by atoms with Crippen molar-refractivity contribution in [2.75, 3.05) is 31.7 Å². The van der Waals surface area contributed by atoms with Gasteiger partial charge in [-0.15, -0.1) is 0 Å². The largest absolute Gasteiger partial charge is 0.478 e. The Morgan fingerprint density at radius 2 is 2.22 bits per heavy atom. The number of anilines is 1. The highest BCUT2D eigenvalue weighted by molar-refractivity contribution is 5.38. The first-order chi connectivity index (χ1) is 8.61. The van der Waals surface area contributed by atoms with Gasteiger partial charge in [-0.2, -0.15) is 4.98 Å². The maximum Gasteiger partial charge on any atom is 0.218 e. The summed E-state index contributed by atoms with van der Waals surface area (Å²) >= 11 is 0. The second kappa shape index (κ2) is 7.66. The number of hydrogen-bond acceptors (Lipinski definition) is 5. The van der Waals surface area contributed by atoms with Gasteiger partial charge in [0.2, 0.25) is 5.88 Å². The molecule has 100 valence electrons. The fourth-order valence-electron chi connectivity index (χ4n) is 1.35. The first-order valence-corrected chi connectivity index (χ1v) is 6.06. The molecule has 0 atom stereocenters. The van der Waals surface area contributed by atoms with E-state index in [1.54, 1.807) is 6.07 Å². The average molecular weight is 251 g/mol. The summed E-state index contributed by atoms with van der Waals surface area (Å²) in [5, 5.41) is 3.17.